The maximum absolute atomic E-state index is 12.5. The Balaban J connectivity index is 1.71. The molecule has 198 valence electrons. The van der Waals surface area contributed by atoms with Gasteiger partial charge in [-0.15, -0.1) is 6.58 Å². The van der Waals surface area contributed by atoms with Gasteiger partial charge in [-0.1, -0.05) is 48.0 Å². The van der Waals surface area contributed by atoms with Crippen molar-refractivity contribution in [1.82, 2.24) is 10.7 Å². The van der Waals surface area contributed by atoms with Gasteiger partial charge in [-0.2, -0.15) is 5.10 Å². The van der Waals surface area contributed by atoms with E-state index in [9.17, 15) is 9.59 Å². The van der Waals surface area contributed by atoms with Gasteiger partial charge in [-0.25, -0.2) is 5.43 Å². The summed E-state index contributed by atoms with van der Waals surface area (Å²) in [5.74, 6) is 0.307. The SMILES string of the molecule is C=CCc1cc(C=NNC(=O)C(C)NC(=O)c2ccccc2Br)cc(OCC)c1OCc1ccccc1Cl. The topological polar surface area (TPSA) is 89.0 Å². The van der Waals surface area contributed by atoms with Crippen LogP contribution in [0.25, 0.3) is 0 Å². The molecule has 0 aliphatic heterocycles. The molecule has 0 spiro atoms. The molecule has 0 bridgehead atoms. The Labute approximate surface area is 236 Å². The van der Waals surface area contributed by atoms with Crippen LogP contribution in [0.4, 0.5) is 0 Å². The summed E-state index contributed by atoms with van der Waals surface area (Å²) in [6.07, 6.45) is 3.81. The highest BCUT2D eigenvalue weighted by atomic mass is 79.9. The minimum Gasteiger partial charge on any atom is -0.490 e. The summed E-state index contributed by atoms with van der Waals surface area (Å²) in [7, 11) is 0. The molecule has 2 amide bonds. The summed E-state index contributed by atoms with van der Waals surface area (Å²) >= 11 is 9.62. The summed E-state index contributed by atoms with van der Waals surface area (Å²) in [6.45, 7) is 8.02. The molecule has 1 atom stereocenters. The summed E-state index contributed by atoms with van der Waals surface area (Å²) in [5.41, 5.74) is 5.30. The Morgan fingerprint density at radius 1 is 1.11 bits per heavy atom. The van der Waals surface area contributed by atoms with Crippen LogP contribution in [0.5, 0.6) is 11.5 Å². The molecule has 7 nitrogen and oxygen atoms in total. The van der Waals surface area contributed by atoms with Gasteiger partial charge in [-0.3, -0.25) is 9.59 Å². The number of allylic oxidation sites excluding steroid dienone is 1. The van der Waals surface area contributed by atoms with E-state index in [2.05, 4.69) is 38.4 Å². The molecule has 0 saturated carbocycles. The van der Waals surface area contributed by atoms with Crippen molar-refractivity contribution in [2.45, 2.75) is 32.9 Å². The predicted octanol–water partition coefficient (Wildman–Crippen LogP) is 6.08. The van der Waals surface area contributed by atoms with Crippen LogP contribution >= 0.6 is 27.5 Å². The number of halogens is 2. The fraction of sp³-hybridized carbons (Fsp3) is 0.207. The van der Waals surface area contributed by atoms with Crippen LogP contribution in [0.15, 0.2) is 82.9 Å². The Kier molecular flexibility index (Phi) is 10.9. The van der Waals surface area contributed by atoms with Crippen molar-refractivity contribution in [3.05, 3.63) is 105 Å². The normalized spacial score (nSPS) is 11.6. The molecule has 0 aliphatic rings. The highest BCUT2D eigenvalue weighted by Gasteiger charge is 2.18. The van der Waals surface area contributed by atoms with Crippen molar-refractivity contribution in [1.29, 1.82) is 0 Å². The first-order valence-corrected chi connectivity index (χ1v) is 13.2. The number of hydrogen-bond acceptors (Lipinski definition) is 5. The Hall–Kier alpha value is -3.62. The quantitative estimate of drug-likeness (QED) is 0.150. The molecule has 9 heteroatoms. The second-order valence-corrected chi connectivity index (χ2v) is 9.48. The van der Waals surface area contributed by atoms with Crippen molar-refractivity contribution < 1.29 is 19.1 Å². The zero-order chi connectivity index (χ0) is 27.5. The molecule has 0 radical (unpaired) electrons. The van der Waals surface area contributed by atoms with Crippen LogP contribution in [0.1, 0.15) is 40.9 Å². The standard InChI is InChI=1S/C29H29BrClN3O4/c1-4-10-21-15-20(16-26(37-5-2)27(21)38-18-22-11-6-9-14-25(22)31)17-32-34-28(35)19(3)33-29(36)23-12-7-8-13-24(23)30/h4,6-9,11-17,19H,1,5,10,18H2,2-3H3,(H,33,36)(H,34,35). The highest BCUT2D eigenvalue weighted by Crippen LogP contribution is 2.34. The number of rotatable bonds is 12. The lowest BCUT2D eigenvalue weighted by molar-refractivity contribution is -0.122. The van der Waals surface area contributed by atoms with Crippen LogP contribution in [0, 0.1) is 0 Å². The molecule has 0 fully saturated rings. The molecule has 3 rings (SSSR count). The molecular formula is C29H29BrClN3O4. The first-order chi connectivity index (χ1) is 18.3. The van der Waals surface area contributed by atoms with Gasteiger partial charge in [0.25, 0.3) is 11.8 Å². The molecule has 0 aliphatic carbocycles. The molecule has 2 N–H and O–H groups in total. The minimum atomic E-state index is -0.803. The van der Waals surface area contributed by atoms with Gasteiger partial charge >= 0.3 is 0 Å². The van der Waals surface area contributed by atoms with E-state index in [-0.39, 0.29) is 12.5 Å². The van der Waals surface area contributed by atoms with Crippen molar-refractivity contribution in [3.63, 3.8) is 0 Å². The Morgan fingerprint density at radius 2 is 1.84 bits per heavy atom. The fourth-order valence-corrected chi connectivity index (χ4v) is 4.16. The van der Waals surface area contributed by atoms with Crippen LogP contribution in [0.3, 0.4) is 0 Å². The maximum Gasteiger partial charge on any atom is 0.262 e. The minimum absolute atomic E-state index is 0.274. The molecule has 0 heterocycles. The fourth-order valence-electron chi connectivity index (χ4n) is 3.51. The molecule has 0 saturated heterocycles. The lowest BCUT2D eigenvalue weighted by Crippen LogP contribution is -2.43. The van der Waals surface area contributed by atoms with E-state index in [1.807, 2.05) is 37.3 Å². The molecular weight excluding hydrogens is 570 g/mol. The number of benzene rings is 3. The second kappa shape index (κ2) is 14.4. The summed E-state index contributed by atoms with van der Waals surface area (Å²) in [6, 6.07) is 17.3. The van der Waals surface area contributed by atoms with E-state index in [0.717, 1.165) is 11.1 Å². The largest absolute Gasteiger partial charge is 0.490 e. The van der Waals surface area contributed by atoms with E-state index >= 15 is 0 Å². The first-order valence-electron chi connectivity index (χ1n) is 12.0. The lowest BCUT2D eigenvalue weighted by atomic mass is 10.1. The van der Waals surface area contributed by atoms with Crippen molar-refractivity contribution >= 4 is 45.6 Å². The van der Waals surface area contributed by atoms with Crippen LogP contribution in [-0.4, -0.2) is 30.7 Å². The average molecular weight is 599 g/mol. The number of nitrogens with zero attached hydrogens (tertiary/aromatic N) is 1. The highest BCUT2D eigenvalue weighted by molar-refractivity contribution is 9.10. The van der Waals surface area contributed by atoms with E-state index in [1.54, 1.807) is 43.3 Å². The zero-order valence-electron chi connectivity index (χ0n) is 21.2. The van der Waals surface area contributed by atoms with Crippen molar-refractivity contribution in [3.8, 4) is 11.5 Å². The number of amides is 2. The summed E-state index contributed by atoms with van der Waals surface area (Å²) in [4.78, 5) is 25.0. The Bertz CT molecular complexity index is 1330. The number of nitrogens with one attached hydrogen (secondary N) is 2. The number of ether oxygens (including phenoxy) is 2. The average Bonchev–Trinajstić information content (AvgIpc) is 2.89. The van der Waals surface area contributed by atoms with E-state index < -0.39 is 11.9 Å². The number of hydrogen-bond donors (Lipinski definition) is 2. The van der Waals surface area contributed by atoms with Gasteiger partial charge in [0.1, 0.15) is 12.6 Å². The van der Waals surface area contributed by atoms with Crippen molar-refractivity contribution in [2.24, 2.45) is 5.10 Å². The molecule has 38 heavy (non-hydrogen) atoms. The third-order valence-corrected chi connectivity index (χ3v) is 6.46. The second-order valence-electron chi connectivity index (χ2n) is 8.22. The third kappa shape index (κ3) is 7.94. The lowest BCUT2D eigenvalue weighted by Gasteiger charge is -2.17. The van der Waals surface area contributed by atoms with E-state index in [4.69, 9.17) is 21.1 Å². The van der Waals surface area contributed by atoms with E-state index in [1.165, 1.54) is 6.21 Å². The maximum atomic E-state index is 12.5. The third-order valence-electron chi connectivity index (χ3n) is 5.40. The Morgan fingerprint density at radius 3 is 2.55 bits per heavy atom. The van der Waals surface area contributed by atoms with Crippen LogP contribution < -0.4 is 20.2 Å². The van der Waals surface area contributed by atoms with Crippen molar-refractivity contribution in [2.75, 3.05) is 6.61 Å². The number of carbonyl (C=O) groups excluding carboxylic acids is 2. The van der Waals surface area contributed by atoms with Crippen LogP contribution in [-0.2, 0) is 17.8 Å². The monoisotopic (exact) mass is 597 g/mol. The molecule has 3 aromatic rings. The molecule has 0 aromatic heterocycles. The summed E-state index contributed by atoms with van der Waals surface area (Å²) < 4.78 is 12.6. The van der Waals surface area contributed by atoms with Gasteiger partial charge in [0, 0.05) is 20.6 Å². The number of carbonyl (C=O) groups is 2. The molecule has 3 aromatic carbocycles. The van der Waals surface area contributed by atoms with Gasteiger partial charge in [0.15, 0.2) is 11.5 Å². The van der Waals surface area contributed by atoms with Crippen LogP contribution in [0.2, 0.25) is 5.02 Å². The zero-order valence-corrected chi connectivity index (χ0v) is 23.5. The van der Waals surface area contributed by atoms with Gasteiger partial charge in [0.2, 0.25) is 0 Å². The van der Waals surface area contributed by atoms with E-state index in [0.29, 0.717) is 45.1 Å². The summed E-state index contributed by atoms with van der Waals surface area (Å²) in [5, 5.41) is 7.36. The van der Waals surface area contributed by atoms with Gasteiger partial charge in [-0.05, 0) is 72.1 Å². The van der Waals surface area contributed by atoms with Gasteiger partial charge < -0.3 is 14.8 Å². The van der Waals surface area contributed by atoms with Gasteiger partial charge in [0.05, 0.1) is 18.4 Å². The number of hydrazone groups is 1. The smallest absolute Gasteiger partial charge is 0.262 e. The molecule has 1 unspecified atom stereocenters. The first kappa shape index (κ1) is 28.9. The predicted molar refractivity (Wildman–Crippen MR) is 154 cm³/mol.